The second kappa shape index (κ2) is 13.3. The van der Waals surface area contributed by atoms with Crippen molar-refractivity contribution in [2.75, 3.05) is 52.8 Å². The average molecular weight is 560 g/mol. The second-order valence-electron chi connectivity index (χ2n) is 9.02. The Bertz CT molecular complexity index is 1470. The maximum atomic E-state index is 13.8. The van der Waals surface area contributed by atoms with Gasteiger partial charge in [0.05, 0.1) is 45.4 Å². The first-order chi connectivity index (χ1) is 19.9. The van der Waals surface area contributed by atoms with Gasteiger partial charge in [-0.1, -0.05) is 12.1 Å². The predicted octanol–water partition coefficient (Wildman–Crippen LogP) is 4.39. The molecule has 0 saturated heterocycles. The zero-order chi connectivity index (χ0) is 29.4. The molecule has 0 amide bonds. The van der Waals surface area contributed by atoms with Gasteiger partial charge >= 0.3 is 6.01 Å². The van der Waals surface area contributed by atoms with E-state index in [9.17, 15) is 4.79 Å². The molecular formula is C30H33N5O6. The van der Waals surface area contributed by atoms with Gasteiger partial charge in [0.25, 0.3) is 0 Å². The number of methoxy groups -OCH3 is 4. The molecule has 0 atom stereocenters. The normalized spacial score (nSPS) is 10.5. The second-order valence-corrected chi connectivity index (χ2v) is 9.02. The third kappa shape index (κ3) is 6.75. The van der Waals surface area contributed by atoms with Gasteiger partial charge in [-0.05, 0) is 42.0 Å². The third-order valence-electron chi connectivity index (χ3n) is 6.20. The number of rotatable bonds is 13. The number of carbonyl (C=O) groups excluding carboxylic acids is 1. The molecular weight excluding hydrogens is 526 g/mol. The van der Waals surface area contributed by atoms with Crippen LogP contribution in [0.3, 0.4) is 0 Å². The van der Waals surface area contributed by atoms with Gasteiger partial charge in [-0.15, -0.1) is 0 Å². The number of hydrogen-bond acceptors (Lipinski definition) is 11. The minimum absolute atomic E-state index is 0.100. The van der Waals surface area contributed by atoms with E-state index in [0.717, 1.165) is 22.7 Å². The number of benzene rings is 2. The summed E-state index contributed by atoms with van der Waals surface area (Å²) in [6.45, 7) is 0.544. The summed E-state index contributed by atoms with van der Waals surface area (Å²) in [6.07, 6.45) is 3.12. The number of ether oxygens (including phenoxy) is 5. The zero-order valence-corrected chi connectivity index (χ0v) is 23.9. The van der Waals surface area contributed by atoms with E-state index in [1.807, 2.05) is 55.4 Å². The molecule has 0 aliphatic carbocycles. The molecule has 2 aromatic heterocycles. The number of nitrogens with one attached hydrogen (secondary N) is 1. The van der Waals surface area contributed by atoms with Crippen molar-refractivity contribution in [1.29, 1.82) is 0 Å². The highest BCUT2D eigenvalue weighted by Gasteiger charge is 2.22. The Labute approximate surface area is 239 Å². The van der Waals surface area contributed by atoms with E-state index in [4.69, 9.17) is 23.7 Å². The van der Waals surface area contributed by atoms with Gasteiger partial charge in [0, 0.05) is 38.6 Å². The molecule has 2 aromatic carbocycles. The van der Waals surface area contributed by atoms with Crippen LogP contribution in [-0.4, -0.2) is 63.3 Å². The van der Waals surface area contributed by atoms with Crippen molar-refractivity contribution in [3.05, 3.63) is 83.3 Å². The summed E-state index contributed by atoms with van der Waals surface area (Å²) >= 11 is 0. The number of nitrogens with zero attached hydrogens (tertiary/aromatic N) is 4. The summed E-state index contributed by atoms with van der Waals surface area (Å²) < 4.78 is 27.6. The molecule has 11 heteroatoms. The quantitative estimate of drug-likeness (QED) is 0.235. The van der Waals surface area contributed by atoms with Gasteiger partial charge < -0.3 is 33.9 Å². The van der Waals surface area contributed by atoms with Gasteiger partial charge in [-0.2, -0.15) is 4.98 Å². The minimum atomic E-state index is -0.341. The first kappa shape index (κ1) is 28.9. The topological polar surface area (TPSA) is 117 Å². The van der Waals surface area contributed by atoms with Gasteiger partial charge in [0.1, 0.15) is 18.2 Å². The van der Waals surface area contributed by atoms with Crippen LogP contribution >= 0.6 is 0 Å². The van der Waals surface area contributed by atoms with E-state index in [-0.39, 0.29) is 24.0 Å². The number of pyridine rings is 1. The van der Waals surface area contributed by atoms with E-state index in [1.54, 1.807) is 25.4 Å². The predicted molar refractivity (Wildman–Crippen MR) is 155 cm³/mol. The number of ketones is 1. The number of anilines is 2. The lowest BCUT2D eigenvalue weighted by Crippen LogP contribution is -2.14. The monoisotopic (exact) mass is 559 g/mol. The lowest BCUT2D eigenvalue weighted by Gasteiger charge is -2.18. The fourth-order valence-electron chi connectivity index (χ4n) is 4.11. The molecule has 2 heterocycles. The molecule has 0 saturated carbocycles. The summed E-state index contributed by atoms with van der Waals surface area (Å²) in [5.41, 5.74) is 3.15. The van der Waals surface area contributed by atoms with Crippen LogP contribution < -0.4 is 33.9 Å². The van der Waals surface area contributed by atoms with E-state index in [0.29, 0.717) is 35.2 Å². The van der Waals surface area contributed by atoms with Crippen molar-refractivity contribution in [2.24, 2.45) is 0 Å². The molecule has 1 N–H and O–H groups in total. The molecule has 41 heavy (non-hydrogen) atoms. The van der Waals surface area contributed by atoms with Crippen molar-refractivity contribution < 1.29 is 28.5 Å². The van der Waals surface area contributed by atoms with Crippen LogP contribution in [0.4, 0.5) is 11.5 Å². The van der Waals surface area contributed by atoms with Crippen molar-refractivity contribution in [2.45, 2.75) is 13.2 Å². The number of hydrogen-bond donors (Lipinski definition) is 1. The Morgan fingerprint density at radius 1 is 0.878 bits per heavy atom. The Kier molecular flexibility index (Phi) is 9.41. The highest BCUT2D eigenvalue weighted by atomic mass is 16.5. The van der Waals surface area contributed by atoms with Crippen LogP contribution in [0, 0.1) is 0 Å². The van der Waals surface area contributed by atoms with Crippen LogP contribution in [0.15, 0.2) is 60.9 Å². The first-order valence-electron chi connectivity index (χ1n) is 12.7. The number of carbonyl (C=O) groups is 1. The largest absolute Gasteiger partial charge is 0.495 e. The molecule has 0 fully saturated rings. The van der Waals surface area contributed by atoms with E-state index >= 15 is 0 Å². The molecule has 11 nitrogen and oxygen atoms in total. The third-order valence-corrected chi connectivity index (χ3v) is 6.20. The molecule has 4 rings (SSSR count). The van der Waals surface area contributed by atoms with E-state index in [1.165, 1.54) is 27.5 Å². The zero-order valence-electron chi connectivity index (χ0n) is 23.9. The van der Waals surface area contributed by atoms with Crippen molar-refractivity contribution >= 4 is 17.3 Å². The van der Waals surface area contributed by atoms with Crippen LogP contribution in [0.25, 0.3) is 0 Å². The lowest BCUT2D eigenvalue weighted by molar-refractivity contribution is 0.103. The molecule has 4 aromatic rings. The lowest BCUT2D eigenvalue weighted by atomic mass is 10.0. The summed E-state index contributed by atoms with van der Waals surface area (Å²) in [5.74, 6) is 1.81. The average Bonchev–Trinajstić information content (AvgIpc) is 3.01. The molecule has 0 unspecified atom stereocenters. The van der Waals surface area contributed by atoms with Gasteiger partial charge in [-0.3, -0.25) is 9.78 Å². The highest BCUT2D eigenvalue weighted by Crippen LogP contribution is 2.39. The summed E-state index contributed by atoms with van der Waals surface area (Å²) in [4.78, 5) is 28.9. The van der Waals surface area contributed by atoms with Crippen LogP contribution in [-0.2, 0) is 13.2 Å². The first-order valence-corrected chi connectivity index (χ1v) is 12.7. The summed E-state index contributed by atoms with van der Waals surface area (Å²) in [5, 5.41) is 3.29. The van der Waals surface area contributed by atoms with Gasteiger partial charge in [0.2, 0.25) is 5.75 Å². The van der Waals surface area contributed by atoms with Crippen LogP contribution in [0.5, 0.6) is 29.0 Å². The molecule has 0 bridgehead atoms. The van der Waals surface area contributed by atoms with Gasteiger partial charge in [0.15, 0.2) is 17.3 Å². The van der Waals surface area contributed by atoms with Crippen molar-refractivity contribution in [1.82, 2.24) is 15.0 Å². The Morgan fingerprint density at radius 2 is 1.61 bits per heavy atom. The fraction of sp³-hybridized carbons (Fsp3) is 0.267. The molecule has 0 spiro atoms. The molecule has 0 aliphatic rings. The van der Waals surface area contributed by atoms with E-state index in [2.05, 4.69) is 20.3 Å². The SMILES string of the molecule is COc1ccc(CNc2nc(OCc3ccccn3)ncc2C(=O)c2cc(OC)c(OC)c(OC)c2)cc1N(C)C. The molecule has 0 radical (unpaired) electrons. The van der Waals surface area contributed by atoms with Crippen molar-refractivity contribution in [3.63, 3.8) is 0 Å². The summed E-state index contributed by atoms with van der Waals surface area (Å²) in [7, 11) is 10.0. The van der Waals surface area contributed by atoms with Crippen LogP contribution in [0.1, 0.15) is 27.2 Å². The Balaban J connectivity index is 1.68. The van der Waals surface area contributed by atoms with Gasteiger partial charge in [-0.25, -0.2) is 4.98 Å². The highest BCUT2D eigenvalue weighted by molar-refractivity contribution is 6.12. The van der Waals surface area contributed by atoms with Crippen LogP contribution in [0.2, 0.25) is 0 Å². The van der Waals surface area contributed by atoms with E-state index < -0.39 is 0 Å². The molecule has 0 aliphatic heterocycles. The fourth-order valence-corrected chi connectivity index (χ4v) is 4.11. The standard InChI is InChI=1S/C30H33N5O6/c1-35(2)23-13-19(10-11-24(23)37-3)16-32-29-22(17-33-30(34-29)41-18-21-9-7-8-12-31-21)27(36)20-14-25(38-4)28(40-6)26(15-20)39-5/h7-15,17H,16,18H2,1-6H3,(H,32,33,34). The van der Waals surface area contributed by atoms with Crippen molar-refractivity contribution in [3.8, 4) is 29.0 Å². The maximum Gasteiger partial charge on any atom is 0.318 e. The number of aromatic nitrogens is 3. The molecule has 214 valence electrons. The maximum absolute atomic E-state index is 13.8. The minimum Gasteiger partial charge on any atom is -0.495 e. The summed E-state index contributed by atoms with van der Waals surface area (Å²) in [6, 6.07) is 14.7. The Hall–Kier alpha value is -5.06. The smallest absolute Gasteiger partial charge is 0.318 e. The Morgan fingerprint density at radius 3 is 2.22 bits per heavy atom.